The van der Waals surface area contributed by atoms with Crippen LogP contribution in [0, 0.1) is 5.82 Å². The lowest BCUT2D eigenvalue weighted by atomic mass is 10.1. The molecular weight excluding hydrogens is 263 g/mol. The molecule has 0 atom stereocenters. The summed E-state index contributed by atoms with van der Waals surface area (Å²) < 4.78 is 14.9. The van der Waals surface area contributed by atoms with Crippen molar-refractivity contribution in [3.8, 4) is 16.9 Å². The summed E-state index contributed by atoms with van der Waals surface area (Å²) in [6.07, 6.45) is 3.43. The van der Waals surface area contributed by atoms with Crippen LogP contribution in [0.3, 0.4) is 0 Å². The molecule has 0 radical (unpaired) electrons. The Labute approximate surface area is 115 Å². The molecule has 3 rings (SSSR count). The minimum Gasteiger partial charge on any atom is -0.297 e. The molecule has 94 valence electrons. The van der Waals surface area contributed by atoms with Crippen LogP contribution in [0.2, 0.25) is 5.02 Å². The second kappa shape index (κ2) is 4.86. The standard InChI is InChI=1S/C15H10ClFN2/c16-13-8-12(17)6-7-14(13)19-10-18-9-15(19)11-4-2-1-3-5-11/h1-10H. The van der Waals surface area contributed by atoms with E-state index in [4.69, 9.17) is 11.6 Å². The molecule has 2 nitrogen and oxygen atoms in total. The summed E-state index contributed by atoms with van der Waals surface area (Å²) in [4.78, 5) is 4.15. The van der Waals surface area contributed by atoms with Gasteiger partial charge in [-0.3, -0.25) is 4.57 Å². The average Bonchev–Trinajstić information content (AvgIpc) is 2.89. The smallest absolute Gasteiger partial charge is 0.124 e. The van der Waals surface area contributed by atoms with Gasteiger partial charge in [0.2, 0.25) is 0 Å². The van der Waals surface area contributed by atoms with E-state index in [1.54, 1.807) is 18.6 Å². The summed E-state index contributed by atoms with van der Waals surface area (Å²) in [7, 11) is 0. The van der Waals surface area contributed by atoms with Crippen molar-refractivity contribution in [1.82, 2.24) is 9.55 Å². The number of hydrogen-bond donors (Lipinski definition) is 0. The Morgan fingerprint density at radius 2 is 1.84 bits per heavy atom. The first-order valence-electron chi connectivity index (χ1n) is 5.79. The van der Waals surface area contributed by atoms with E-state index in [1.807, 2.05) is 34.9 Å². The van der Waals surface area contributed by atoms with Gasteiger partial charge in [0.1, 0.15) is 5.82 Å². The molecule has 0 aliphatic heterocycles. The maximum Gasteiger partial charge on any atom is 0.124 e. The van der Waals surface area contributed by atoms with Gasteiger partial charge in [-0.2, -0.15) is 0 Å². The van der Waals surface area contributed by atoms with E-state index < -0.39 is 0 Å². The zero-order chi connectivity index (χ0) is 13.2. The highest BCUT2D eigenvalue weighted by molar-refractivity contribution is 6.32. The first kappa shape index (κ1) is 11.9. The van der Waals surface area contributed by atoms with E-state index >= 15 is 0 Å². The van der Waals surface area contributed by atoms with Crippen LogP contribution in [0.4, 0.5) is 4.39 Å². The van der Waals surface area contributed by atoms with Crippen LogP contribution in [-0.4, -0.2) is 9.55 Å². The maximum atomic E-state index is 13.1. The molecule has 0 aliphatic carbocycles. The lowest BCUT2D eigenvalue weighted by molar-refractivity contribution is 0.627. The third-order valence-corrected chi connectivity index (χ3v) is 3.18. The highest BCUT2D eigenvalue weighted by atomic mass is 35.5. The lowest BCUT2D eigenvalue weighted by Crippen LogP contribution is -1.96. The molecule has 0 unspecified atom stereocenters. The van der Waals surface area contributed by atoms with Crippen molar-refractivity contribution < 1.29 is 4.39 Å². The van der Waals surface area contributed by atoms with Gasteiger partial charge in [0.05, 0.1) is 28.9 Å². The Morgan fingerprint density at radius 3 is 2.58 bits per heavy atom. The summed E-state index contributed by atoms with van der Waals surface area (Å²) in [6, 6.07) is 14.2. The zero-order valence-corrected chi connectivity index (χ0v) is 10.7. The molecule has 0 bridgehead atoms. The molecule has 0 aliphatic rings. The van der Waals surface area contributed by atoms with Gasteiger partial charge in [-0.25, -0.2) is 9.37 Å². The monoisotopic (exact) mass is 272 g/mol. The highest BCUT2D eigenvalue weighted by Crippen LogP contribution is 2.27. The van der Waals surface area contributed by atoms with Crippen molar-refractivity contribution in [2.24, 2.45) is 0 Å². The molecular formula is C15H10ClFN2. The molecule has 0 saturated carbocycles. The third kappa shape index (κ3) is 2.25. The van der Waals surface area contributed by atoms with Crippen molar-refractivity contribution in [1.29, 1.82) is 0 Å². The van der Waals surface area contributed by atoms with Crippen molar-refractivity contribution >= 4 is 11.6 Å². The van der Waals surface area contributed by atoms with E-state index in [0.29, 0.717) is 10.7 Å². The second-order valence-corrected chi connectivity index (χ2v) is 4.52. The summed E-state index contributed by atoms with van der Waals surface area (Å²) in [5.41, 5.74) is 2.65. The molecule has 0 spiro atoms. The molecule has 1 aromatic heterocycles. The Balaban J connectivity index is 2.15. The van der Waals surface area contributed by atoms with Gasteiger partial charge in [-0.05, 0) is 18.2 Å². The van der Waals surface area contributed by atoms with Crippen LogP contribution in [0.15, 0.2) is 61.1 Å². The molecule has 3 aromatic rings. The minimum atomic E-state index is -0.352. The number of halogens is 2. The van der Waals surface area contributed by atoms with Gasteiger partial charge in [0.15, 0.2) is 0 Å². The Morgan fingerprint density at radius 1 is 1.05 bits per heavy atom. The first-order chi connectivity index (χ1) is 9.25. The normalized spacial score (nSPS) is 10.6. The molecule has 0 saturated heterocycles. The molecule has 2 aromatic carbocycles. The molecule has 0 fully saturated rings. The van der Waals surface area contributed by atoms with Crippen molar-refractivity contribution in [3.05, 3.63) is 71.9 Å². The minimum absolute atomic E-state index is 0.352. The molecule has 4 heteroatoms. The maximum absolute atomic E-state index is 13.1. The molecule has 1 heterocycles. The molecule has 19 heavy (non-hydrogen) atoms. The highest BCUT2D eigenvalue weighted by Gasteiger charge is 2.10. The van der Waals surface area contributed by atoms with Crippen molar-refractivity contribution in [2.75, 3.05) is 0 Å². The average molecular weight is 273 g/mol. The number of hydrogen-bond acceptors (Lipinski definition) is 1. The van der Waals surface area contributed by atoms with E-state index in [-0.39, 0.29) is 5.82 Å². The number of rotatable bonds is 2. The van der Waals surface area contributed by atoms with Gasteiger partial charge >= 0.3 is 0 Å². The predicted octanol–water partition coefficient (Wildman–Crippen LogP) is 4.33. The van der Waals surface area contributed by atoms with Crippen molar-refractivity contribution in [3.63, 3.8) is 0 Å². The van der Waals surface area contributed by atoms with Crippen molar-refractivity contribution in [2.45, 2.75) is 0 Å². The van der Waals surface area contributed by atoms with Crippen LogP contribution in [0.5, 0.6) is 0 Å². The topological polar surface area (TPSA) is 17.8 Å². The van der Waals surface area contributed by atoms with Crippen LogP contribution < -0.4 is 0 Å². The molecule has 0 N–H and O–H groups in total. The van der Waals surface area contributed by atoms with E-state index in [9.17, 15) is 4.39 Å². The largest absolute Gasteiger partial charge is 0.297 e. The van der Waals surface area contributed by atoms with E-state index in [0.717, 1.165) is 11.3 Å². The fourth-order valence-corrected chi connectivity index (χ4v) is 2.24. The summed E-state index contributed by atoms with van der Waals surface area (Å²) in [5.74, 6) is -0.352. The summed E-state index contributed by atoms with van der Waals surface area (Å²) >= 11 is 6.09. The Bertz CT molecular complexity index is 707. The number of aromatic nitrogens is 2. The number of imidazole rings is 1. The molecule has 0 amide bonds. The number of benzene rings is 2. The predicted molar refractivity (Wildman–Crippen MR) is 74.0 cm³/mol. The van der Waals surface area contributed by atoms with Gasteiger partial charge < -0.3 is 0 Å². The van der Waals surface area contributed by atoms with Crippen LogP contribution in [0.1, 0.15) is 0 Å². The zero-order valence-electron chi connectivity index (χ0n) is 9.92. The van der Waals surface area contributed by atoms with Gasteiger partial charge in [0.25, 0.3) is 0 Å². The summed E-state index contributed by atoms with van der Waals surface area (Å²) in [5, 5.41) is 0.357. The second-order valence-electron chi connectivity index (χ2n) is 4.11. The fraction of sp³-hybridized carbons (Fsp3) is 0. The quantitative estimate of drug-likeness (QED) is 0.679. The van der Waals surface area contributed by atoms with Crippen LogP contribution in [-0.2, 0) is 0 Å². The first-order valence-corrected chi connectivity index (χ1v) is 6.17. The van der Waals surface area contributed by atoms with E-state index in [2.05, 4.69) is 4.98 Å². The fourth-order valence-electron chi connectivity index (χ4n) is 1.99. The van der Waals surface area contributed by atoms with Gasteiger partial charge in [-0.1, -0.05) is 41.9 Å². The van der Waals surface area contributed by atoms with Crippen LogP contribution in [0.25, 0.3) is 16.9 Å². The third-order valence-electron chi connectivity index (χ3n) is 2.88. The van der Waals surface area contributed by atoms with E-state index in [1.165, 1.54) is 12.1 Å². The summed E-state index contributed by atoms with van der Waals surface area (Å²) in [6.45, 7) is 0. The van der Waals surface area contributed by atoms with Gasteiger partial charge in [-0.15, -0.1) is 0 Å². The van der Waals surface area contributed by atoms with Crippen LogP contribution >= 0.6 is 11.6 Å². The van der Waals surface area contributed by atoms with Gasteiger partial charge in [0, 0.05) is 5.56 Å². The number of nitrogens with zero attached hydrogens (tertiary/aromatic N) is 2. The SMILES string of the molecule is Fc1ccc(-n2cncc2-c2ccccc2)c(Cl)c1. The lowest BCUT2D eigenvalue weighted by Gasteiger charge is -2.10. The Hall–Kier alpha value is -2.13. The Kier molecular flexibility index (Phi) is 3.05.